The lowest BCUT2D eigenvalue weighted by atomic mass is 9.83. The third-order valence-corrected chi connectivity index (χ3v) is 4.00. The van der Waals surface area contributed by atoms with Gasteiger partial charge >= 0.3 is 0 Å². The summed E-state index contributed by atoms with van der Waals surface area (Å²) in [5, 5.41) is 0. The molecule has 0 unspecified atom stereocenters. The minimum absolute atomic E-state index is 0.323. The molecule has 1 aliphatic rings. The fraction of sp³-hybridized carbons (Fsp3) is 0.529. The molecule has 1 heterocycles. The van der Waals surface area contributed by atoms with Gasteiger partial charge in [0.25, 0.3) is 0 Å². The highest BCUT2D eigenvalue weighted by Crippen LogP contribution is 2.30. The molecule has 2 N–H and O–H groups in total. The first-order chi connectivity index (χ1) is 8.86. The Labute approximate surface area is 117 Å². The van der Waals surface area contributed by atoms with Crippen LogP contribution < -0.4 is 5.73 Å². The van der Waals surface area contributed by atoms with Crippen molar-refractivity contribution < 1.29 is 0 Å². The highest BCUT2D eigenvalue weighted by Gasteiger charge is 2.21. The first kappa shape index (κ1) is 14.1. The number of nitrogens with two attached hydrogens (primary N) is 1. The molecule has 1 aliphatic heterocycles. The molecule has 2 rings (SSSR count). The number of anilines is 1. The van der Waals surface area contributed by atoms with Crippen LogP contribution in [0.5, 0.6) is 0 Å². The van der Waals surface area contributed by atoms with E-state index in [9.17, 15) is 0 Å². The van der Waals surface area contributed by atoms with Crippen LogP contribution in [-0.4, -0.2) is 18.0 Å². The van der Waals surface area contributed by atoms with Crippen molar-refractivity contribution in [3.8, 4) is 0 Å². The van der Waals surface area contributed by atoms with Crippen LogP contribution in [0.25, 0.3) is 0 Å². The fourth-order valence-electron chi connectivity index (χ4n) is 2.63. The molecular formula is C17H26N2. The van der Waals surface area contributed by atoms with Gasteiger partial charge in [0.15, 0.2) is 0 Å². The van der Waals surface area contributed by atoms with Crippen molar-refractivity contribution in [1.82, 2.24) is 4.90 Å². The maximum Gasteiger partial charge on any atom is 0.0343 e. The van der Waals surface area contributed by atoms with Gasteiger partial charge in [-0.05, 0) is 36.0 Å². The highest BCUT2D eigenvalue weighted by atomic mass is 15.1. The SMILES string of the molecule is Cc1cc(CN2CC=C(C(C)(C)C)CC2)ccc1N. The molecule has 0 saturated heterocycles. The summed E-state index contributed by atoms with van der Waals surface area (Å²) in [6, 6.07) is 6.37. The number of hydrogen-bond acceptors (Lipinski definition) is 2. The summed E-state index contributed by atoms with van der Waals surface area (Å²) in [5.74, 6) is 0. The fourth-order valence-corrected chi connectivity index (χ4v) is 2.63. The normalized spacial score (nSPS) is 17.4. The quantitative estimate of drug-likeness (QED) is 0.646. The van der Waals surface area contributed by atoms with Gasteiger partial charge in [-0.3, -0.25) is 4.90 Å². The summed E-state index contributed by atoms with van der Waals surface area (Å²) in [6.45, 7) is 12.2. The van der Waals surface area contributed by atoms with Crippen molar-refractivity contribution in [2.24, 2.45) is 5.41 Å². The molecule has 2 heteroatoms. The molecule has 104 valence electrons. The lowest BCUT2D eigenvalue weighted by molar-refractivity contribution is 0.271. The molecule has 0 spiro atoms. The Kier molecular flexibility index (Phi) is 4.00. The van der Waals surface area contributed by atoms with E-state index >= 15 is 0 Å². The topological polar surface area (TPSA) is 29.3 Å². The van der Waals surface area contributed by atoms with Crippen LogP contribution in [0.4, 0.5) is 5.69 Å². The molecule has 0 aromatic heterocycles. The predicted molar refractivity (Wildman–Crippen MR) is 83.0 cm³/mol. The van der Waals surface area contributed by atoms with Gasteiger partial charge < -0.3 is 5.73 Å². The van der Waals surface area contributed by atoms with E-state index in [0.717, 1.165) is 25.3 Å². The largest absolute Gasteiger partial charge is 0.399 e. The third kappa shape index (κ3) is 3.60. The highest BCUT2D eigenvalue weighted by molar-refractivity contribution is 5.47. The molecule has 0 radical (unpaired) electrons. The predicted octanol–water partition coefficient (Wildman–Crippen LogP) is 3.76. The summed E-state index contributed by atoms with van der Waals surface area (Å²) in [4.78, 5) is 2.50. The summed E-state index contributed by atoms with van der Waals surface area (Å²) in [7, 11) is 0. The number of rotatable bonds is 2. The Balaban J connectivity index is 1.99. The van der Waals surface area contributed by atoms with Crippen LogP contribution in [-0.2, 0) is 6.54 Å². The van der Waals surface area contributed by atoms with Crippen LogP contribution in [0.2, 0.25) is 0 Å². The lowest BCUT2D eigenvalue weighted by Crippen LogP contribution is -2.30. The van der Waals surface area contributed by atoms with E-state index in [1.54, 1.807) is 5.57 Å². The zero-order valence-corrected chi connectivity index (χ0v) is 12.7. The smallest absolute Gasteiger partial charge is 0.0343 e. The lowest BCUT2D eigenvalue weighted by Gasteiger charge is -2.32. The van der Waals surface area contributed by atoms with Crippen molar-refractivity contribution >= 4 is 5.69 Å². The summed E-state index contributed by atoms with van der Waals surface area (Å²) < 4.78 is 0. The second kappa shape index (κ2) is 5.38. The molecule has 1 aromatic carbocycles. The average molecular weight is 258 g/mol. The summed E-state index contributed by atoms with van der Waals surface area (Å²) >= 11 is 0. The molecule has 0 aliphatic carbocycles. The maximum absolute atomic E-state index is 5.86. The van der Waals surface area contributed by atoms with Crippen LogP contribution in [0, 0.1) is 12.3 Å². The molecule has 0 fully saturated rings. The van der Waals surface area contributed by atoms with Gasteiger partial charge in [0, 0.05) is 25.3 Å². The number of nitrogens with zero attached hydrogens (tertiary/aromatic N) is 1. The van der Waals surface area contributed by atoms with Crippen molar-refractivity contribution in [1.29, 1.82) is 0 Å². The van der Waals surface area contributed by atoms with Gasteiger partial charge in [-0.2, -0.15) is 0 Å². The first-order valence-corrected chi connectivity index (χ1v) is 7.13. The molecule has 2 nitrogen and oxygen atoms in total. The Bertz CT molecular complexity index is 481. The zero-order valence-electron chi connectivity index (χ0n) is 12.7. The van der Waals surface area contributed by atoms with E-state index in [-0.39, 0.29) is 0 Å². The molecule has 0 amide bonds. The van der Waals surface area contributed by atoms with Crippen molar-refractivity contribution in [2.45, 2.75) is 40.7 Å². The van der Waals surface area contributed by atoms with Crippen LogP contribution in [0.3, 0.4) is 0 Å². The number of benzene rings is 1. The van der Waals surface area contributed by atoms with Gasteiger partial charge in [0.2, 0.25) is 0 Å². The summed E-state index contributed by atoms with van der Waals surface area (Å²) in [6.07, 6.45) is 3.60. The monoisotopic (exact) mass is 258 g/mol. The van der Waals surface area contributed by atoms with Crippen LogP contribution in [0.1, 0.15) is 38.3 Å². The van der Waals surface area contributed by atoms with E-state index in [0.29, 0.717) is 5.41 Å². The number of aryl methyl sites for hydroxylation is 1. The van der Waals surface area contributed by atoms with E-state index in [4.69, 9.17) is 5.73 Å². The Hall–Kier alpha value is -1.28. The first-order valence-electron chi connectivity index (χ1n) is 7.13. The van der Waals surface area contributed by atoms with E-state index in [1.807, 2.05) is 6.07 Å². The second-order valence-corrected chi connectivity index (χ2v) is 6.66. The second-order valence-electron chi connectivity index (χ2n) is 6.66. The number of nitrogen functional groups attached to an aromatic ring is 1. The van der Waals surface area contributed by atoms with Gasteiger partial charge in [-0.1, -0.05) is 44.6 Å². The Morgan fingerprint density at radius 2 is 2.00 bits per heavy atom. The molecule has 0 bridgehead atoms. The van der Waals surface area contributed by atoms with Crippen molar-refractivity contribution in [3.05, 3.63) is 41.0 Å². The third-order valence-electron chi connectivity index (χ3n) is 4.00. The van der Waals surface area contributed by atoms with E-state index in [1.165, 1.54) is 17.5 Å². The molecule has 19 heavy (non-hydrogen) atoms. The van der Waals surface area contributed by atoms with Gasteiger partial charge in [0.05, 0.1) is 0 Å². The molecular weight excluding hydrogens is 232 g/mol. The molecule has 1 aromatic rings. The summed E-state index contributed by atoms with van der Waals surface area (Å²) in [5.41, 5.74) is 11.2. The average Bonchev–Trinajstić information content (AvgIpc) is 2.33. The van der Waals surface area contributed by atoms with Gasteiger partial charge in [-0.15, -0.1) is 0 Å². The van der Waals surface area contributed by atoms with Gasteiger partial charge in [0.1, 0.15) is 0 Å². The number of hydrogen-bond donors (Lipinski definition) is 1. The Morgan fingerprint density at radius 3 is 2.53 bits per heavy atom. The van der Waals surface area contributed by atoms with Crippen LogP contribution in [0.15, 0.2) is 29.8 Å². The minimum Gasteiger partial charge on any atom is -0.399 e. The molecule has 0 atom stereocenters. The minimum atomic E-state index is 0.323. The van der Waals surface area contributed by atoms with E-state index < -0.39 is 0 Å². The van der Waals surface area contributed by atoms with Crippen LogP contribution >= 0.6 is 0 Å². The zero-order chi connectivity index (χ0) is 14.0. The van der Waals surface area contributed by atoms with E-state index in [2.05, 4.69) is 50.8 Å². The van der Waals surface area contributed by atoms with Crippen molar-refractivity contribution in [3.63, 3.8) is 0 Å². The van der Waals surface area contributed by atoms with Crippen molar-refractivity contribution in [2.75, 3.05) is 18.8 Å². The standard InChI is InChI=1S/C17H26N2/c1-13-11-14(5-6-16(13)18)12-19-9-7-15(8-10-19)17(2,3)4/h5-7,11H,8-10,12,18H2,1-4H3. The van der Waals surface area contributed by atoms with Gasteiger partial charge in [-0.25, -0.2) is 0 Å². The maximum atomic E-state index is 5.86. The Morgan fingerprint density at radius 1 is 1.26 bits per heavy atom. The molecule has 0 saturated carbocycles.